The van der Waals surface area contributed by atoms with Crippen molar-refractivity contribution in [3.63, 3.8) is 0 Å². The van der Waals surface area contributed by atoms with Crippen molar-refractivity contribution in [1.82, 2.24) is 4.98 Å². The number of rotatable bonds is 6. The molecule has 0 saturated carbocycles. The fraction of sp³-hybridized carbons (Fsp3) is 0.368. The van der Waals surface area contributed by atoms with Gasteiger partial charge in [-0.05, 0) is 42.5 Å². The predicted octanol–water partition coefficient (Wildman–Crippen LogP) is 4.68. The highest BCUT2D eigenvalue weighted by Crippen LogP contribution is 2.25. The molecular formula is C19H25N3O. The van der Waals surface area contributed by atoms with Crippen LogP contribution in [0.3, 0.4) is 0 Å². The molecule has 0 aliphatic heterocycles. The Morgan fingerprint density at radius 2 is 2.00 bits per heavy atom. The van der Waals surface area contributed by atoms with Gasteiger partial charge in [0.25, 0.3) is 0 Å². The van der Waals surface area contributed by atoms with Crippen LogP contribution in [0.5, 0.6) is 0 Å². The van der Waals surface area contributed by atoms with Crippen LogP contribution in [0.1, 0.15) is 38.3 Å². The standard InChI is InChI=1S/C19H25N3O/c1-5-15-8-6-7-14(4)19(15)21-16-9-10-17(20-12-16)22-18(23)11-13(2)3/h6-10,12-13,21H,5,11H2,1-4H3,(H,20,22,23). The maximum absolute atomic E-state index is 11.8. The third-order valence-corrected chi connectivity index (χ3v) is 3.63. The summed E-state index contributed by atoms with van der Waals surface area (Å²) >= 11 is 0. The number of carbonyl (C=O) groups is 1. The van der Waals surface area contributed by atoms with Gasteiger partial charge >= 0.3 is 0 Å². The average Bonchev–Trinajstić information content (AvgIpc) is 2.50. The number of amides is 1. The molecule has 1 amide bonds. The smallest absolute Gasteiger partial charge is 0.225 e. The average molecular weight is 311 g/mol. The Morgan fingerprint density at radius 3 is 2.61 bits per heavy atom. The third-order valence-electron chi connectivity index (χ3n) is 3.63. The molecule has 0 radical (unpaired) electrons. The molecule has 2 rings (SSSR count). The van der Waals surface area contributed by atoms with Gasteiger partial charge in [-0.25, -0.2) is 4.98 Å². The topological polar surface area (TPSA) is 54.0 Å². The summed E-state index contributed by atoms with van der Waals surface area (Å²) in [6, 6.07) is 10.1. The highest BCUT2D eigenvalue weighted by atomic mass is 16.1. The van der Waals surface area contributed by atoms with Gasteiger partial charge in [0.15, 0.2) is 0 Å². The van der Waals surface area contributed by atoms with Crippen LogP contribution in [0.2, 0.25) is 0 Å². The second kappa shape index (κ2) is 7.77. The van der Waals surface area contributed by atoms with Gasteiger partial charge in [-0.15, -0.1) is 0 Å². The van der Waals surface area contributed by atoms with Crippen LogP contribution in [0, 0.1) is 12.8 Å². The molecule has 1 aromatic carbocycles. The molecular weight excluding hydrogens is 286 g/mol. The molecule has 0 saturated heterocycles. The Balaban J connectivity index is 2.07. The van der Waals surface area contributed by atoms with Gasteiger partial charge in [0, 0.05) is 12.1 Å². The van der Waals surface area contributed by atoms with Crippen molar-refractivity contribution in [3.8, 4) is 0 Å². The summed E-state index contributed by atoms with van der Waals surface area (Å²) in [6.07, 6.45) is 3.22. The summed E-state index contributed by atoms with van der Waals surface area (Å²) < 4.78 is 0. The first-order chi connectivity index (χ1) is 11.0. The van der Waals surface area contributed by atoms with Crippen LogP contribution in [0.4, 0.5) is 17.2 Å². The first-order valence-electron chi connectivity index (χ1n) is 8.11. The quantitative estimate of drug-likeness (QED) is 0.814. The number of carbonyl (C=O) groups excluding carboxylic acids is 1. The molecule has 1 heterocycles. The number of para-hydroxylation sites is 1. The van der Waals surface area contributed by atoms with Gasteiger partial charge < -0.3 is 10.6 Å². The van der Waals surface area contributed by atoms with E-state index in [4.69, 9.17) is 0 Å². The van der Waals surface area contributed by atoms with E-state index in [0.29, 0.717) is 18.2 Å². The zero-order valence-electron chi connectivity index (χ0n) is 14.3. The highest BCUT2D eigenvalue weighted by Gasteiger charge is 2.07. The Labute approximate surface area is 138 Å². The van der Waals surface area contributed by atoms with Gasteiger partial charge in [0.05, 0.1) is 11.9 Å². The number of hydrogen-bond acceptors (Lipinski definition) is 3. The molecule has 4 heteroatoms. The largest absolute Gasteiger partial charge is 0.354 e. The van der Waals surface area contributed by atoms with Gasteiger partial charge in [-0.1, -0.05) is 39.0 Å². The lowest BCUT2D eigenvalue weighted by atomic mass is 10.1. The van der Waals surface area contributed by atoms with E-state index in [1.807, 2.05) is 26.0 Å². The third kappa shape index (κ3) is 4.81. The summed E-state index contributed by atoms with van der Waals surface area (Å²) in [5.41, 5.74) is 4.53. The van der Waals surface area contributed by atoms with E-state index in [1.165, 1.54) is 11.1 Å². The lowest BCUT2D eigenvalue weighted by molar-refractivity contribution is -0.116. The Bertz CT molecular complexity index is 663. The monoisotopic (exact) mass is 311 g/mol. The first-order valence-corrected chi connectivity index (χ1v) is 8.11. The van der Waals surface area contributed by atoms with Crippen LogP contribution in [-0.2, 0) is 11.2 Å². The predicted molar refractivity (Wildman–Crippen MR) is 96.2 cm³/mol. The van der Waals surface area contributed by atoms with Crippen LogP contribution in [0.15, 0.2) is 36.5 Å². The Morgan fingerprint density at radius 1 is 1.22 bits per heavy atom. The summed E-state index contributed by atoms with van der Waals surface area (Å²) in [7, 11) is 0. The van der Waals surface area contributed by atoms with E-state index in [9.17, 15) is 4.79 Å². The minimum absolute atomic E-state index is 0.000354. The highest BCUT2D eigenvalue weighted by molar-refractivity contribution is 5.90. The van der Waals surface area contributed by atoms with Crippen molar-refractivity contribution >= 4 is 23.1 Å². The summed E-state index contributed by atoms with van der Waals surface area (Å²) in [5, 5.41) is 6.25. The number of benzene rings is 1. The number of aromatic nitrogens is 1. The Kier molecular flexibility index (Phi) is 5.74. The minimum Gasteiger partial charge on any atom is -0.354 e. The number of anilines is 3. The molecule has 1 aromatic heterocycles. The SMILES string of the molecule is CCc1cccc(C)c1Nc1ccc(NC(=O)CC(C)C)nc1. The molecule has 2 aromatic rings. The van der Waals surface area contributed by atoms with E-state index in [1.54, 1.807) is 6.20 Å². The molecule has 0 bridgehead atoms. The zero-order chi connectivity index (χ0) is 16.8. The lowest BCUT2D eigenvalue weighted by Gasteiger charge is -2.14. The fourth-order valence-electron chi connectivity index (χ4n) is 2.45. The molecule has 23 heavy (non-hydrogen) atoms. The molecule has 0 aliphatic carbocycles. The molecule has 0 spiro atoms. The maximum atomic E-state index is 11.8. The molecule has 0 aliphatic rings. The van der Waals surface area contributed by atoms with E-state index in [2.05, 4.69) is 47.7 Å². The number of aryl methyl sites for hydroxylation is 2. The van der Waals surface area contributed by atoms with Crippen LogP contribution < -0.4 is 10.6 Å². The van der Waals surface area contributed by atoms with Gasteiger partial charge in [0.1, 0.15) is 5.82 Å². The molecule has 0 fully saturated rings. The summed E-state index contributed by atoms with van der Waals surface area (Å²) in [5.74, 6) is 0.923. The zero-order valence-corrected chi connectivity index (χ0v) is 14.3. The van der Waals surface area contributed by atoms with Gasteiger partial charge in [-0.2, -0.15) is 0 Å². The normalized spacial score (nSPS) is 10.7. The van der Waals surface area contributed by atoms with E-state index >= 15 is 0 Å². The first kappa shape index (κ1) is 17.0. The molecule has 122 valence electrons. The van der Waals surface area contributed by atoms with Crippen molar-refractivity contribution in [2.24, 2.45) is 5.92 Å². The van der Waals surface area contributed by atoms with E-state index < -0.39 is 0 Å². The molecule has 4 nitrogen and oxygen atoms in total. The second-order valence-electron chi connectivity index (χ2n) is 6.17. The lowest BCUT2D eigenvalue weighted by Crippen LogP contribution is -2.14. The van der Waals surface area contributed by atoms with Crippen LogP contribution in [0.25, 0.3) is 0 Å². The maximum Gasteiger partial charge on any atom is 0.225 e. The number of pyridine rings is 1. The van der Waals surface area contributed by atoms with E-state index in [0.717, 1.165) is 17.8 Å². The number of nitrogens with one attached hydrogen (secondary N) is 2. The van der Waals surface area contributed by atoms with Gasteiger partial charge in [0.2, 0.25) is 5.91 Å². The molecule has 0 atom stereocenters. The second-order valence-corrected chi connectivity index (χ2v) is 6.17. The number of hydrogen-bond donors (Lipinski definition) is 2. The fourth-order valence-corrected chi connectivity index (χ4v) is 2.45. The van der Waals surface area contributed by atoms with Crippen molar-refractivity contribution in [1.29, 1.82) is 0 Å². The van der Waals surface area contributed by atoms with Crippen LogP contribution >= 0.6 is 0 Å². The van der Waals surface area contributed by atoms with Crippen LogP contribution in [-0.4, -0.2) is 10.9 Å². The minimum atomic E-state index is 0.000354. The van der Waals surface area contributed by atoms with Crippen molar-refractivity contribution in [3.05, 3.63) is 47.7 Å². The molecule has 0 unspecified atom stereocenters. The number of nitrogens with zero attached hydrogens (tertiary/aromatic N) is 1. The van der Waals surface area contributed by atoms with E-state index in [-0.39, 0.29) is 5.91 Å². The summed E-state index contributed by atoms with van der Waals surface area (Å²) in [6.45, 7) is 8.28. The molecule has 2 N–H and O–H groups in total. The van der Waals surface area contributed by atoms with Gasteiger partial charge in [-0.3, -0.25) is 4.79 Å². The van der Waals surface area contributed by atoms with Crippen molar-refractivity contribution in [2.75, 3.05) is 10.6 Å². The van der Waals surface area contributed by atoms with Crippen molar-refractivity contribution in [2.45, 2.75) is 40.5 Å². The van der Waals surface area contributed by atoms with Crippen molar-refractivity contribution < 1.29 is 4.79 Å². The Hall–Kier alpha value is -2.36. The summed E-state index contributed by atoms with van der Waals surface area (Å²) in [4.78, 5) is 16.1.